The fraction of sp³-hybridized carbons (Fsp3) is 0.333. The highest BCUT2D eigenvalue weighted by molar-refractivity contribution is 5.97. The van der Waals surface area contributed by atoms with E-state index in [1.807, 2.05) is 39.9 Å². The molecular formula is C24H27N3O5. The van der Waals surface area contributed by atoms with Crippen molar-refractivity contribution in [3.8, 4) is 17.2 Å². The minimum atomic E-state index is -0.109. The van der Waals surface area contributed by atoms with E-state index in [4.69, 9.17) is 14.2 Å². The van der Waals surface area contributed by atoms with Gasteiger partial charge in [-0.25, -0.2) is 0 Å². The third-order valence-corrected chi connectivity index (χ3v) is 5.84. The Balaban J connectivity index is 1.38. The number of fused-ring (bicyclic) bond motifs is 1. The third kappa shape index (κ3) is 4.21. The molecule has 168 valence electrons. The Morgan fingerprint density at radius 2 is 1.47 bits per heavy atom. The van der Waals surface area contributed by atoms with Crippen LogP contribution in [0.25, 0.3) is 10.9 Å². The molecule has 1 aliphatic rings. The fourth-order valence-corrected chi connectivity index (χ4v) is 3.99. The monoisotopic (exact) mass is 437 g/mol. The van der Waals surface area contributed by atoms with Gasteiger partial charge in [-0.1, -0.05) is 0 Å². The van der Waals surface area contributed by atoms with Crippen molar-refractivity contribution in [3.05, 3.63) is 54.2 Å². The molecule has 0 bridgehead atoms. The van der Waals surface area contributed by atoms with E-state index in [0.717, 1.165) is 16.7 Å². The van der Waals surface area contributed by atoms with E-state index in [1.165, 1.54) is 7.11 Å². The van der Waals surface area contributed by atoms with Gasteiger partial charge in [-0.3, -0.25) is 9.59 Å². The lowest BCUT2D eigenvalue weighted by Gasteiger charge is -2.35. The summed E-state index contributed by atoms with van der Waals surface area (Å²) >= 11 is 0. The molecule has 0 saturated carbocycles. The molecule has 2 heterocycles. The van der Waals surface area contributed by atoms with Crippen molar-refractivity contribution in [2.45, 2.75) is 6.54 Å². The van der Waals surface area contributed by atoms with Gasteiger partial charge in [-0.15, -0.1) is 0 Å². The van der Waals surface area contributed by atoms with Crippen LogP contribution in [0.3, 0.4) is 0 Å². The van der Waals surface area contributed by atoms with E-state index in [1.54, 1.807) is 37.3 Å². The summed E-state index contributed by atoms with van der Waals surface area (Å²) < 4.78 is 17.8. The van der Waals surface area contributed by atoms with Crippen LogP contribution < -0.4 is 14.2 Å². The van der Waals surface area contributed by atoms with Gasteiger partial charge in [0, 0.05) is 49.3 Å². The molecule has 1 aromatic heterocycles. The lowest BCUT2D eigenvalue weighted by atomic mass is 10.1. The molecule has 3 aromatic rings. The number of benzene rings is 2. The van der Waals surface area contributed by atoms with Gasteiger partial charge in [-0.05, 0) is 36.4 Å². The first-order valence-electron chi connectivity index (χ1n) is 10.5. The van der Waals surface area contributed by atoms with Crippen LogP contribution in [-0.2, 0) is 11.3 Å². The molecule has 8 heteroatoms. The Labute approximate surface area is 186 Å². The van der Waals surface area contributed by atoms with E-state index >= 15 is 0 Å². The highest BCUT2D eigenvalue weighted by atomic mass is 16.5. The van der Waals surface area contributed by atoms with E-state index in [9.17, 15) is 9.59 Å². The van der Waals surface area contributed by atoms with Gasteiger partial charge in [0.25, 0.3) is 5.91 Å². The summed E-state index contributed by atoms with van der Waals surface area (Å²) in [5, 5.41) is 1.03. The second-order valence-electron chi connectivity index (χ2n) is 7.61. The number of nitrogens with zero attached hydrogens (tertiary/aromatic N) is 3. The summed E-state index contributed by atoms with van der Waals surface area (Å²) in [5.41, 5.74) is 1.47. The zero-order valence-electron chi connectivity index (χ0n) is 18.5. The van der Waals surface area contributed by atoms with Crippen LogP contribution in [0.1, 0.15) is 10.4 Å². The minimum Gasteiger partial charge on any atom is -0.497 e. The summed E-state index contributed by atoms with van der Waals surface area (Å²) in [4.78, 5) is 29.5. The van der Waals surface area contributed by atoms with Crippen LogP contribution in [0.2, 0.25) is 0 Å². The lowest BCUT2D eigenvalue weighted by Crippen LogP contribution is -2.51. The van der Waals surface area contributed by atoms with Gasteiger partial charge in [-0.2, -0.15) is 0 Å². The number of carbonyl (C=O) groups excluding carboxylic acids is 2. The number of methoxy groups -OCH3 is 3. The number of piperazine rings is 1. The van der Waals surface area contributed by atoms with Crippen LogP contribution in [0.15, 0.2) is 48.7 Å². The predicted molar refractivity (Wildman–Crippen MR) is 121 cm³/mol. The van der Waals surface area contributed by atoms with Gasteiger partial charge in [0.2, 0.25) is 5.91 Å². The smallest absolute Gasteiger partial charge is 0.257 e. The first-order valence-corrected chi connectivity index (χ1v) is 10.5. The van der Waals surface area contributed by atoms with Crippen LogP contribution in [0, 0.1) is 0 Å². The van der Waals surface area contributed by atoms with Gasteiger partial charge in [0.1, 0.15) is 23.8 Å². The van der Waals surface area contributed by atoms with E-state index in [2.05, 4.69) is 0 Å². The molecule has 1 aliphatic heterocycles. The first-order chi connectivity index (χ1) is 15.5. The van der Waals surface area contributed by atoms with E-state index in [0.29, 0.717) is 43.2 Å². The summed E-state index contributed by atoms with van der Waals surface area (Å²) in [6.07, 6.45) is 1.91. The number of carbonyl (C=O) groups is 2. The summed E-state index contributed by atoms with van der Waals surface area (Å²) in [6.45, 7) is 2.20. The normalized spacial score (nSPS) is 13.8. The van der Waals surface area contributed by atoms with Crippen LogP contribution in [-0.4, -0.2) is 73.7 Å². The zero-order valence-corrected chi connectivity index (χ0v) is 18.5. The van der Waals surface area contributed by atoms with Crippen molar-refractivity contribution in [3.63, 3.8) is 0 Å². The Kier molecular flexibility index (Phi) is 6.20. The van der Waals surface area contributed by atoms with Crippen molar-refractivity contribution >= 4 is 22.7 Å². The molecule has 4 rings (SSSR count). The second-order valence-corrected chi connectivity index (χ2v) is 7.61. The quantitative estimate of drug-likeness (QED) is 0.593. The van der Waals surface area contributed by atoms with Crippen molar-refractivity contribution in [2.75, 3.05) is 47.5 Å². The Hall–Kier alpha value is -3.68. The van der Waals surface area contributed by atoms with Crippen molar-refractivity contribution in [1.82, 2.24) is 14.4 Å². The molecule has 1 fully saturated rings. The molecule has 0 unspecified atom stereocenters. The maximum absolute atomic E-state index is 13.0. The first kappa shape index (κ1) is 21.5. The van der Waals surface area contributed by atoms with E-state index in [-0.39, 0.29) is 18.4 Å². The number of aromatic nitrogens is 1. The van der Waals surface area contributed by atoms with Crippen LogP contribution >= 0.6 is 0 Å². The molecule has 0 aliphatic carbocycles. The molecular weight excluding hydrogens is 410 g/mol. The Morgan fingerprint density at radius 1 is 0.812 bits per heavy atom. The van der Waals surface area contributed by atoms with Gasteiger partial charge in [0.15, 0.2) is 0 Å². The molecule has 0 spiro atoms. The Morgan fingerprint density at radius 3 is 2.16 bits per heavy atom. The van der Waals surface area contributed by atoms with Gasteiger partial charge in [0.05, 0.1) is 26.9 Å². The molecule has 0 radical (unpaired) electrons. The maximum Gasteiger partial charge on any atom is 0.257 e. The van der Waals surface area contributed by atoms with Crippen molar-refractivity contribution < 1.29 is 23.8 Å². The highest BCUT2D eigenvalue weighted by Crippen LogP contribution is 2.26. The van der Waals surface area contributed by atoms with Crippen molar-refractivity contribution in [1.29, 1.82) is 0 Å². The largest absolute Gasteiger partial charge is 0.497 e. The maximum atomic E-state index is 13.0. The molecule has 2 amide bonds. The average molecular weight is 437 g/mol. The molecule has 0 N–H and O–H groups in total. The van der Waals surface area contributed by atoms with Crippen molar-refractivity contribution in [2.24, 2.45) is 0 Å². The standard InChI is InChI=1S/C24H27N3O5/c1-30-18-5-7-21-17(14-18)8-9-27(21)16-23(28)25-10-12-26(13-11-25)24(29)20-6-4-19(31-2)15-22(20)32-3/h4-9,14-15H,10-13,16H2,1-3H3. The molecule has 32 heavy (non-hydrogen) atoms. The number of rotatable bonds is 6. The average Bonchev–Trinajstić information content (AvgIpc) is 3.24. The topological polar surface area (TPSA) is 73.2 Å². The SMILES string of the molecule is COc1ccc(C(=O)N2CCN(C(=O)Cn3ccc4cc(OC)ccc43)CC2)c(OC)c1. The predicted octanol–water partition coefficient (Wildman–Crippen LogP) is 2.65. The number of ether oxygens (including phenoxy) is 3. The number of hydrogen-bond donors (Lipinski definition) is 0. The second kappa shape index (κ2) is 9.21. The van der Waals surface area contributed by atoms with Gasteiger partial charge < -0.3 is 28.6 Å². The van der Waals surface area contributed by atoms with E-state index < -0.39 is 0 Å². The van der Waals surface area contributed by atoms with Crippen LogP contribution in [0.5, 0.6) is 17.2 Å². The van der Waals surface area contributed by atoms with Crippen LogP contribution in [0.4, 0.5) is 0 Å². The fourth-order valence-electron chi connectivity index (χ4n) is 3.99. The zero-order chi connectivity index (χ0) is 22.7. The highest BCUT2D eigenvalue weighted by Gasteiger charge is 2.26. The summed E-state index contributed by atoms with van der Waals surface area (Å²) in [7, 11) is 4.74. The Bertz CT molecular complexity index is 1130. The van der Waals surface area contributed by atoms with Gasteiger partial charge >= 0.3 is 0 Å². The molecule has 0 atom stereocenters. The number of hydrogen-bond acceptors (Lipinski definition) is 5. The third-order valence-electron chi connectivity index (χ3n) is 5.84. The molecule has 2 aromatic carbocycles. The lowest BCUT2D eigenvalue weighted by molar-refractivity contribution is -0.133. The minimum absolute atomic E-state index is 0.0347. The molecule has 8 nitrogen and oxygen atoms in total. The summed E-state index contributed by atoms with van der Waals surface area (Å²) in [5.74, 6) is 1.82. The molecule has 1 saturated heterocycles. The summed E-state index contributed by atoms with van der Waals surface area (Å²) in [6, 6.07) is 12.9. The number of amides is 2.